The van der Waals surface area contributed by atoms with Crippen molar-refractivity contribution in [3.63, 3.8) is 0 Å². The quantitative estimate of drug-likeness (QED) is 0.728. The van der Waals surface area contributed by atoms with E-state index in [0.717, 1.165) is 29.0 Å². The lowest BCUT2D eigenvalue weighted by Crippen LogP contribution is -2.22. The smallest absolute Gasteiger partial charge is 0.348 e. The molecule has 3 rings (SSSR count). The fourth-order valence-electron chi connectivity index (χ4n) is 2.25. The van der Waals surface area contributed by atoms with Gasteiger partial charge in [0.1, 0.15) is 0 Å². The molecule has 0 radical (unpaired) electrons. The lowest BCUT2D eigenvalue weighted by atomic mass is 10.1. The molecular formula is C17H12F3NOS. The Bertz CT molecular complexity index is 840. The molecule has 1 amide bonds. The fraction of sp³-hybridized carbons (Fsp3) is 0.118. The second-order valence-corrected chi connectivity index (χ2v) is 5.94. The van der Waals surface area contributed by atoms with Crippen LogP contribution in [0.25, 0.3) is 10.1 Å². The van der Waals surface area contributed by atoms with Gasteiger partial charge in [-0.3, -0.25) is 4.79 Å². The molecule has 1 aromatic heterocycles. The Kier molecular flexibility index (Phi) is 4.09. The van der Waals surface area contributed by atoms with Crippen molar-refractivity contribution in [1.29, 1.82) is 0 Å². The molecule has 3 aromatic rings. The summed E-state index contributed by atoms with van der Waals surface area (Å²) in [7, 11) is 0. The molecule has 2 nitrogen and oxygen atoms in total. The van der Waals surface area contributed by atoms with E-state index in [2.05, 4.69) is 5.32 Å². The number of halogens is 3. The molecule has 0 unspecified atom stereocenters. The van der Waals surface area contributed by atoms with Crippen LogP contribution < -0.4 is 5.32 Å². The molecule has 0 aliphatic rings. The van der Waals surface area contributed by atoms with E-state index in [9.17, 15) is 18.0 Å². The molecule has 1 N–H and O–H groups in total. The van der Waals surface area contributed by atoms with Crippen LogP contribution in [0.4, 0.5) is 13.2 Å². The van der Waals surface area contributed by atoms with Crippen molar-refractivity contribution in [3.8, 4) is 0 Å². The molecule has 118 valence electrons. The number of hydrogen-bond acceptors (Lipinski definition) is 2. The number of amides is 1. The van der Waals surface area contributed by atoms with Crippen LogP contribution in [-0.2, 0) is 12.7 Å². The van der Waals surface area contributed by atoms with Gasteiger partial charge in [-0.05, 0) is 17.7 Å². The van der Waals surface area contributed by atoms with Gasteiger partial charge < -0.3 is 5.32 Å². The van der Waals surface area contributed by atoms with Gasteiger partial charge in [-0.15, -0.1) is 11.3 Å². The van der Waals surface area contributed by atoms with Crippen LogP contribution in [0, 0.1) is 0 Å². The SMILES string of the molecule is O=C(NCc1ccccc1)c1csc2cc(C(F)(F)F)ccc12. The van der Waals surface area contributed by atoms with Crippen LogP contribution in [0.15, 0.2) is 53.9 Å². The highest BCUT2D eigenvalue weighted by Gasteiger charge is 2.30. The highest BCUT2D eigenvalue weighted by atomic mass is 32.1. The summed E-state index contributed by atoms with van der Waals surface area (Å²) >= 11 is 1.13. The zero-order valence-corrected chi connectivity index (χ0v) is 12.7. The van der Waals surface area contributed by atoms with E-state index in [1.165, 1.54) is 6.07 Å². The molecular weight excluding hydrogens is 323 g/mol. The Labute approximate surface area is 134 Å². The molecule has 0 aliphatic heterocycles. The van der Waals surface area contributed by atoms with Gasteiger partial charge in [0.2, 0.25) is 0 Å². The number of fused-ring (bicyclic) bond motifs is 1. The van der Waals surface area contributed by atoms with E-state index in [1.807, 2.05) is 30.3 Å². The summed E-state index contributed by atoms with van der Waals surface area (Å²) < 4.78 is 38.6. The first-order valence-corrected chi connectivity index (χ1v) is 7.74. The van der Waals surface area contributed by atoms with E-state index in [0.29, 0.717) is 22.2 Å². The Morgan fingerprint density at radius 3 is 2.52 bits per heavy atom. The second kappa shape index (κ2) is 6.04. The van der Waals surface area contributed by atoms with E-state index in [-0.39, 0.29) is 5.91 Å². The summed E-state index contributed by atoms with van der Waals surface area (Å²) in [6.07, 6.45) is -4.38. The van der Waals surface area contributed by atoms with Crippen molar-refractivity contribution in [2.75, 3.05) is 0 Å². The molecule has 0 spiro atoms. The first-order chi connectivity index (χ1) is 10.9. The van der Waals surface area contributed by atoms with Gasteiger partial charge in [-0.2, -0.15) is 13.2 Å². The van der Waals surface area contributed by atoms with Gasteiger partial charge in [0.05, 0.1) is 11.1 Å². The predicted molar refractivity (Wildman–Crippen MR) is 84.4 cm³/mol. The largest absolute Gasteiger partial charge is 0.416 e. The van der Waals surface area contributed by atoms with Crippen LogP contribution in [0.2, 0.25) is 0 Å². The van der Waals surface area contributed by atoms with E-state index in [4.69, 9.17) is 0 Å². The number of benzene rings is 2. The summed E-state index contributed by atoms with van der Waals surface area (Å²) in [5.74, 6) is -0.292. The van der Waals surface area contributed by atoms with Gasteiger partial charge in [0.25, 0.3) is 5.91 Å². The molecule has 6 heteroatoms. The van der Waals surface area contributed by atoms with Crippen LogP contribution in [-0.4, -0.2) is 5.91 Å². The maximum atomic E-state index is 12.7. The van der Waals surface area contributed by atoms with Gasteiger partial charge in [0, 0.05) is 22.0 Å². The highest BCUT2D eigenvalue weighted by Crippen LogP contribution is 2.34. The maximum Gasteiger partial charge on any atom is 0.416 e. The monoisotopic (exact) mass is 335 g/mol. The van der Waals surface area contributed by atoms with Gasteiger partial charge in [0.15, 0.2) is 0 Å². The molecule has 0 atom stereocenters. The standard InChI is InChI=1S/C17H12F3NOS/c18-17(19,20)12-6-7-13-14(10-23-15(13)8-12)16(22)21-9-11-4-2-1-3-5-11/h1-8,10H,9H2,(H,21,22). The van der Waals surface area contributed by atoms with Crippen molar-refractivity contribution >= 4 is 27.3 Å². The molecule has 1 heterocycles. The van der Waals surface area contributed by atoms with Crippen molar-refractivity contribution in [2.45, 2.75) is 12.7 Å². The van der Waals surface area contributed by atoms with Crippen molar-refractivity contribution in [3.05, 3.63) is 70.6 Å². The minimum atomic E-state index is -4.38. The molecule has 2 aromatic carbocycles. The van der Waals surface area contributed by atoms with Crippen molar-refractivity contribution in [1.82, 2.24) is 5.32 Å². The topological polar surface area (TPSA) is 29.1 Å². The number of hydrogen-bond donors (Lipinski definition) is 1. The Morgan fingerprint density at radius 1 is 1.09 bits per heavy atom. The third-order valence-electron chi connectivity index (χ3n) is 3.44. The van der Waals surface area contributed by atoms with Gasteiger partial charge in [-0.25, -0.2) is 0 Å². The molecule has 23 heavy (non-hydrogen) atoms. The zero-order valence-electron chi connectivity index (χ0n) is 11.9. The highest BCUT2D eigenvalue weighted by molar-refractivity contribution is 7.17. The third kappa shape index (κ3) is 3.37. The second-order valence-electron chi connectivity index (χ2n) is 5.03. The first-order valence-electron chi connectivity index (χ1n) is 6.86. The summed E-state index contributed by atoms with van der Waals surface area (Å²) in [5.41, 5.74) is 0.650. The van der Waals surface area contributed by atoms with Crippen LogP contribution in [0.1, 0.15) is 21.5 Å². The number of thiophene rings is 1. The lowest BCUT2D eigenvalue weighted by Gasteiger charge is -2.07. The van der Waals surface area contributed by atoms with Crippen molar-refractivity contribution < 1.29 is 18.0 Å². The predicted octanol–water partition coefficient (Wildman–Crippen LogP) is 4.85. The molecule has 0 bridgehead atoms. The maximum absolute atomic E-state index is 12.7. The molecule has 0 saturated carbocycles. The summed E-state index contributed by atoms with van der Waals surface area (Å²) in [5, 5.41) is 4.91. The van der Waals surface area contributed by atoms with E-state index < -0.39 is 11.7 Å². The minimum absolute atomic E-state index is 0.292. The van der Waals surface area contributed by atoms with Crippen LogP contribution in [0.5, 0.6) is 0 Å². The number of rotatable bonds is 3. The van der Waals surface area contributed by atoms with E-state index >= 15 is 0 Å². The summed E-state index contributed by atoms with van der Waals surface area (Å²) in [6, 6.07) is 12.8. The first kappa shape index (κ1) is 15.6. The molecule has 0 aliphatic carbocycles. The van der Waals surface area contributed by atoms with E-state index in [1.54, 1.807) is 5.38 Å². The number of alkyl halides is 3. The Morgan fingerprint density at radius 2 is 1.83 bits per heavy atom. The molecule has 0 saturated heterocycles. The fourth-order valence-corrected chi connectivity index (χ4v) is 3.23. The van der Waals surface area contributed by atoms with Gasteiger partial charge >= 0.3 is 6.18 Å². The average Bonchev–Trinajstić information content (AvgIpc) is 2.96. The molecule has 0 fully saturated rings. The van der Waals surface area contributed by atoms with Crippen molar-refractivity contribution in [2.24, 2.45) is 0 Å². The normalized spacial score (nSPS) is 11.6. The van der Waals surface area contributed by atoms with Crippen LogP contribution >= 0.6 is 11.3 Å². The zero-order chi connectivity index (χ0) is 16.4. The van der Waals surface area contributed by atoms with Crippen LogP contribution in [0.3, 0.4) is 0 Å². The average molecular weight is 335 g/mol. The van der Waals surface area contributed by atoms with Gasteiger partial charge in [-0.1, -0.05) is 36.4 Å². The number of carbonyl (C=O) groups excluding carboxylic acids is 1. The summed E-state index contributed by atoms with van der Waals surface area (Å²) in [4.78, 5) is 12.2. The number of nitrogens with one attached hydrogen (secondary N) is 1. The minimum Gasteiger partial charge on any atom is -0.348 e. The number of carbonyl (C=O) groups is 1. The Hall–Kier alpha value is -2.34. The Balaban J connectivity index is 1.81. The summed E-state index contributed by atoms with van der Waals surface area (Å²) in [6.45, 7) is 0.373. The third-order valence-corrected chi connectivity index (χ3v) is 4.39. The lowest BCUT2D eigenvalue weighted by molar-refractivity contribution is -0.137.